The highest BCUT2D eigenvalue weighted by molar-refractivity contribution is 7.92. The molecule has 0 aliphatic heterocycles. The van der Waals surface area contributed by atoms with Crippen molar-refractivity contribution in [1.29, 1.82) is 0 Å². The highest BCUT2D eigenvalue weighted by Gasteiger charge is 2.11. The summed E-state index contributed by atoms with van der Waals surface area (Å²) < 4.78 is 31.6. The molecule has 2 N–H and O–H groups in total. The average molecular weight is 384 g/mol. The molecule has 0 unspecified atom stereocenters. The van der Waals surface area contributed by atoms with E-state index in [2.05, 4.69) is 15.0 Å². The number of rotatable bonds is 8. The standard InChI is InChI=1S/C17H22ClN3O3S/c1-4-5-8-25(22,23)21-17-7-6-13(11-19-17)20-15-9-12(2)14(18)10-16(15)24-3/h6-7,9-11,20H,4-5,8H2,1-3H3,(H,19,21). The van der Waals surface area contributed by atoms with Crippen molar-refractivity contribution < 1.29 is 13.2 Å². The Balaban J connectivity index is 2.12. The van der Waals surface area contributed by atoms with Gasteiger partial charge in [-0.05, 0) is 37.1 Å². The molecule has 0 aliphatic carbocycles. The van der Waals surface area contributed by atoms with Crippen molar-refractivity contribution in [2.45, 2.75) is 26.7 Å². The lowest BCUT2D eigenvalue weighted by Crippen LogP contribution is -2.17. The zero-order valence-electron chi connectivity index (χ0n) is 14.5. The van der Waals surface area contributed by atoms with E-state index in [-0.39, 0.29) is 5.75 Å². The highest BCUT2D eigenvalue weighted by atomic mass is 35.5. The fourth-order valence-corrected chi connectivity index (χ4v) is 3.52. The molecule has 0 saturated heterocycles. The van der Waals surface area contributed by atoms with Crippen LogP contribution in [0.2, 0.25) is 5.02 Å². The number of hydrogen-bond donors (Lipinski definition) is 2. The first kappa shape index (κ1) is 19.3. The van der Waals surface area contributed by atoms with Gasteiger partial charge in [-0.3, -0.25) is 4.72 Å². The number of halogens is 1. The number of anilines is 3. The molecular weight excluding hydrogens is 362 g/mol. The van der Waals surface area contributed by atoms with Crippen LogP contribution < -0.4 is 14.8 Å². The Morgan fingerprint density at radius 1 is 1.28 bits per heavy atom. The van der Waals surface area contributed by atoms with E-state index in [1.165, 1.54) is 0 Å². The van der Waals surface area contributed by atoms with E-state index in [0.29, 0.717) is 28.7 Å². The van der Waals surface area contributed by atoms with Crippen LogP contribution in [0.4, 0.5) is 17.2 Å². The zero-order chi connectivity index (χ0) is 18.4. The fourth-order valence-electron chi connectivity index (χ4n) is 2.16. The topological polar surface area (TPSA) is 80.3 Å². The van der Waals surface area contributed by atoms with Crippen LogP contribution in [-0.4, -0.2) is 26.3 Å². The van der Waals surface area contributed by atoms with Gasteiger partial charge in [-0.15, -0.1) is 0 Å². The molecule has 0 radical (unpaired) electrons. The van der Waals surface area contributed by atoms with E-state index in [9.17, 15) is 8.42 Å². The van der Waals surface area contributed by atoms with Crippen molar-refractivity contribution in [2.75, 3.05) is 22.9 Å². The monoisotopic (exact) mass is 383 g/mol. The van der Waals surface area contributed by atoms with Crippen molar-refractivity contribution in [2.24, 2.45) is 0 Å². The molecule has 0 amide bonds. The summed E-state index contributed by atoms with van der Waals surface area (Å²) in [7, 11) is -1.79. The first-order chi connectivity index (χ1) is 11.8. The lowest BCUT2D eigenvalue weighted by atomic mass is 10.2. The minimum atomic E-state index is -3.36. The van der Waals surface area contributed by atoms with Crippen LogP contribution >= 0.6 is 11.6 Å². The molecule has 6 nitrogen and oxygen atoms in total. The van der Waals surface area contributed by atoms with Crippen molar-refractivity contribution >= 4 is 38.8 Å². The first-order valence-corrected chi connectivity index (χ1v) is 9.95. The predicted molar refractivity (Wildman–Crippen MR) is 103 cm³/mol. The number of nitrogens with zero attached hydrogens (tertiary/aromatic N) is 1. The molecule has 0 bridgehead atoms. The summed E-state index contributed by atoms with van der Waals surface area (Å²) >= 11 is 6.10. The van der Waals surface area contributed by atoms with Crippen LogP contribution in [0.5, 0.6) is 5.75 Å². The highest BCUT2D eigenvalue weighted by Crippen LogP contribution is 2.33. The molecular formula is C17H22ClN3O3S. The molecule has 0 atom stereocenters. The number of hydrogen-bond acceptors (Lipinski definition) is 5. The maximum Gasteiger partial charge on any atom is 0.233 e. The Kier molecular flexibility index (Phi) is 6.50. The fraction of sp³-hybridized carbons (Fsp3) is 0.353. The molecule has 1 aromatic carbocycles. The van der Waals surface area contributed by atoms with Gasteiger partial charge in [0.25, 0.3) is 0 Å². The van der Waals surface area contributed by atoms with Crippen LogP contribution in [-0.2, 0) is 10.0 Å². The summed E-state index contributed by atoms with van der Waals surface area (Å²) in [6.45, 7) is 3.85. The van der Waals surface area contributed by atoms with Gasteiger partial charge in [-0.1, -0.05) is 24.9 Å². The van der Waals surface area contributed by atoms with Gasteiger partial charge >= 0.3 is 0 Å². The molecule has 1 aromatic heterocycles. The molecule has 0 aliphatic rings. The summed E-state index contributed by atoms with van der Waals surface area (Å²) in [5, 5.41) is 3.82. The number of ether oxygens (including phenoxy) is 1. The van der Waals surface area contributed by atoms with Crippen molar-refractivity contribution in [1.82, 2.24) is 4.98 Å². The second-order valence-electron chi connectivity index (χ2n) is 5.63. The Labute approximate surface area is 153 Å². The number of sulfonamides is 1. The van der Waals surface area contributed by atoms with Crippen LogP contribution in [0, 0.1) is 6.92 Å². The van der Waals surface area contributed by atoms with E-state index in [1.807, 2.05) is 19.9 Å². The molecule has 2 aromatic rings. The summed E-state index contributed by atoms with van der Waals surface area (Å²) in [5.41, 5.74) is 2.37. The zero-order valence-corrected chi connectivity index (χ0v) is 16.0. The van der Waals surface area contributed by atoms with E-state index >= 15 is 0 Å². The predicted octanol–water partition coefficient (Wildman–Crippen LogP) is 4.34. The third-order valence-electron chi connectivity index (χ3n) is 3.55. The third kappa shape index (κ3) is 5.51. The lowest BCUT2D eigenvalue weighted by molar-refractivity contribution is 0.417. The van der Waals surface area contributed by atoms with Crippen LogP contribution in [0.1, 0.15) is 25.3 Å². The van der Waals surface area contributed by atoms with Crippen molar-refractivity contribution in [3.63, 3.8) is 0 Å². The average Bonchev–Trinajstić information content (AvgIpc) is 2.57. The maximum atomic E-state index is 11.9. The first-order valence-electron chi connectivity index (χ1n) is 7.92. The molecule has 0 saturated carbocycles. The number of nitrogens with one attached hydrogen (secondary N) is 2. The summed E-state index contributed by atoms with van der Waals surface area (Å²) in [4.78, 5) is 4.14. The van der Waals surface area contributed by atoms with Crippen molar-refractivity contribution in [3.05, 3.63) is 41.0 Å². The maximum absolute atomic E-state index is 11.9. The molecule has 1 heterocycles. The summed E-state index contributed by atoms with van der Waals surface area (Å²) in [5.74, 6) is 0.993. The quantitative estimate of drug-likeness (QED) is 0.708. The SMILES string of the molecule is CCCCS(=O)(=O)Nc1ccc(Nc2cc(C)c(Cl)cc2OC)cn1. The Hall–Kier alpha value is -1.99. The number of benzene rings is 1. The Morgan fingerprint density at radius 3 is 2.64 bits per heavy atom. The molecule has 8 heteroatoms. The van der Waals surface area contributed by atoms with Crippen LogP contribution in [0.25, 0.3) is 0 Å². The molecule has 136 valence electrons. The smallest absolute Gasteiger partial charge is 0.233 e. The van der Waals surface area contributed by atoms with Crippen LogP contribution in [0.15, 0.2) is 30.5 Å². The van der Waals surface area contributed by atoms with Gasteiger partial charge in [0.1, 0.15) is 11.6 Å². The molecule has 25 heavy (non-hydrogen) atoms. The largest absolute Gasteiger partial charge is 0.495 e. The van der Waals surface area contributed by atoms with E-state index in [1.54, 1.807) is 31.5 Å². The Bertz CT molecular complexity index is 824. The van der Waals surface area contributed by atoms with Crippen molar-refractivity contribution in [3.8, 4) is 5.75 Å². The summed E-state index contributed by atoms with van der Waals surface area (Å²) in [6.07, 6.45) is 2.99. The van der Waals surface area contributed by atoms with Gasteiger partial charge in [0, 0.05) is 11.1 Å². The van der Waals surface area contributed by atoms with Crippen LogP contribution in [0.3, 0.4) is 0 Å². The minimum Gasteiger partial charge on any atom is -0.495 e. The number of aryl methyl sites for hydroxylation is 1. The third-order valence-corrected chi connectivity index (χ3v) is 5.30. The lowest BCUT2D eigenvalue weighted by Gasteiger charge is -2.13. The van der Waals surface area contributed by atoms with Gasteiger partial charge in [0.05, 0.1) is 30.4 Å². The number of pyridine rings is 1. The van der Waals surface area contributed by atoms with Gasteiger partial charge in [0.2, 0.25) is 10.0 Å². The van der Waals surface area contributed by atoms with E-state index < -0.39 is 10.0 Å². The number of aromatic nitrogens is 1. The number of unbranched alkanes of at least 4 members (excludes halogenated alkanes) is 1. The van der Waals surface area contributed by atoms with Gasteiger partial charge in [-0.2, -0.15) is 0 Å². The van der Waals surface area contributed by atoms with Gasteiger partial charge in [-0.25, -0.2) is 13.4 Å². The summed E-state index contributed by atoms with van der Waals surface area (Å²) in [6, 6.07) is 6.97. The van der Waals surface area contributed by atoms with Gasteiger partial charge in [0.15, 0.2) is 0 Å². The van der Waals surface area contributed by atoms with E-state index in [0.717, 1.165) is 17.7 Å². The number of methoxy groups -OCH3 is 1. The molecule has 2 rings (SSSR count). The molecule has 0 fully saturated rings. The normalized spacial score (nSPS) is 11.2. The molecule has 0 spiro atoms. The van der Waals surface area contributed by atoms with E-state index in [4.69, 9.17) is 16.3 Å². The minimum absolute atomic E-state index is 0.0897. The van der Waals surface area contributed by atoms with Gasteiger partial charge < -0.3 is 10.1 Å². The second-order valence-corrected chi connectivity index (χ2v) is 7.88. The Morgan fingerprint density at radius 2 is 2.04 bits per heavy atom. The second kappa shape index (κ2) is 8.40.